The van der Waals surface area contributed by atoms with E-state index in [1.54, 1.807) is 38.1 Å². The van der Waals surface area contributed by atoms with Crippen molar-refractivity contribution in [1.29, 1.82) is 0 Å². The van der Waals surface area contributed by atoms with E-state index in [1.165, 1.54) is 30.3 Å². The highest BCUT2D eigenvalue weighted by atomic mass is 35.5. The number of hydrogen-bond donors (Lipinski definition) is 1. The van der Waals surface area contributed by atoms with Gasteiger partial charge in [0.15, 0.2) is 0 Å². The number of amides is 2. The van der Waals surface area contributed by atoms with Crippen LogP contribution in [0.1, 0.15) is 31.4 Å². The molecule has 0 radical (unpaired) electrons. The van der Waals surface area contributed by atoms with Crippen LogP contribution in [0.4, 0.5) is 18.9 Å². The molecule has 0 aliphatic carbocycles. The van der Waals surface area contributed by atoms with E-state index in [2.05, 4.69) is 5.32 Å². The Kier molecular flexibility index (Phi) is 10.7. The third-order valence-electron chi connectivity index (χ3n) is 6.20. The van der Waals surface area contributed by atoms with Gasteiger partial charge in [-0.25, -0.2) is 8.42 Å². The van der Waals surface area contributed by atoms with Crippen LogP contribution in [0.25, 0.3) is 0 Å². The highest BCUT2D eigenvalue weighted by Crippen LogP contribution is 2.34. The summed E-state index contributed by atoms with van der Waals surface area (Å²) in [6.45, 7) is 2.47. The van der Waals surface area contributed by atoms with E-state index in [-0.39, 0.29) is 40.1 Å². The summed E-state index contributed by atoms with van der Waals surface area (Å²) in [4.78, 5) is 27.8. The van der Waals surface area contributed by atoms with E-state index in [0.717, 1.165) is 17.0 Å². The van der Waals surface area contributed by atoms with Crippen LogP contribution in [0.2, 0.25) is 10.0 Å². The molecular weight excluding hydrogens is 602 g/mol. The van der Waals surface area contributed by atoms with Gasteiger partial charge >= 0.3 is 6.18 Å². The summed E-state index contributed by atoms with van der Waals surface area (Å²) >= 11 is 12.7. The number of anilines is 1. The lowest BCUT2D eigenvalue weighted by molar-refractivity contribution is -0.140. The Balaban J connectivity index is 2.14. The first-order chi connectivity index (χ1) is 19.3. The topological polar surface area (TPSA) is 86.8 Å². The van der Waals surface area contributed by atoms with Gasteiger partial charge < -0.3 is 10.2 Å². The number of hydrogen-bond acceptors (Lipinski definition) is 4. The maximum atomic E-state index is 14.0. The third-order valence-corrected chi connectivity index (χ3v) is 8.69. The average Bonchev–Trinajstić information content (AvgIpc) is 2.93. The number of sulfonamides is 1. The minimum atomic E-state index is -4.76. The summed E-state index contributed by atoms with van der Waals surface area (Å²) in [5, 5.41) is 3.09. The zero-order valence-electron chi connectivity index (χ0n) is 22.2. The summed E-state index contributed by atoms with van der Waals surface area (Å²) in [5.74, 6) is -1.35. The molecule has 0 heterocycles. The molecule has 220 valence electrons. The standard InChI is InChI=1S/C28H28Cl2F3N3O4S/c1-3-25(27(38)34-4-2)35(17-22-23(29)14-9-15-24(22)30)26(37)18-36(41(39,40)21-12-6-5-7-13-21)20-11-8-10-19(16-20)28(31,32)33/h5-16,25H,3-4,17-18H2,1-2H3,(H,34,38)/t25-/m0/s1. The van der Waals surface area contributed by atoms with Gasteiger partial charge in [-0.15, -0.1) is 0 Å². The molecule has 0 aromatic heterocycles. The molecule has 7 nitrogen and oxygen atoms in total. The summed E-state index contributed by atoms with van der Waals surface area (Å²) in [5.41, 5.74) is -1.15. The van der Waals surface area contributed by atoms with Crippen LogP contribution in [-0.2, 0) is 32.3 Å². The van der Waals surface area contributed by atoms with Crippen molar-refractivity contribution in [2.75, 3.05) is 17.4 Å². The zero-order chi connectivity index (χ0) is 30.4. The van der Waals surface area contributed by atoms with Crippen molar-refractivity contribution in [3.8, 4) is 0 Å². The molecule has 2 amide bonds. The fraction of sp³-hybridized carbons (Fsp3) is 0.286. The molecule has 0 aliphatic rings. The number of likely N-dealkylation sites (N-methyl/N-ethyl adjacent to an activating group) is 1. The second-order valence-corrected chi connectivity index (χ2v) is 11.6. The van der Waals surface area contributed by atoms with Crippen molar-refractivity contribution in [2.45, 2.75) is 43.9 Å². The normalized spacial score (nSPS) is 12.5. The van der Waals surface area contributed by atoms with E-state index in [9.17, 15) is 31.2 Å². The van der Waals surface area contributed by atoms with Gasteiger partial charge in [-0.3, -0.25) is 13.9 Å². The van der Waals surface area contributed by atoms with Crippen LogP contribution >= 0.6 is 23.2 Å². The monoisotopic (exact) mass is 629 g/mol. The molecule has 0 unspecified atom stereocenters. The van der Waals surface area contributed by atoms with Gasteiger partial charge in [0.2, 0.25) is 11.8 Å². The van der Waals surface area contributed by atoms with Gasteiger partial charge in [0.1, 0.15) is 12.6 Å². The Hall–Kier alpha value is -3.28. The molecule has 41 heavy (non-hydrogen) atoms. The smallest absolute Gasteiger partial charge is 0.355 e. The second-order valence-electron chi connectivity index (χ2n) is 8.91. The lowest BCUT2D eigenvalue weighted by atomic mass is 10.1. The maximum Gasteiger partial charge on any atom is 0.416 e. The number of halogens is 5. The number of nitrogens with zero attached hydrogens (tertiary/aromatic N) is 2. The molecule has 0 saturated carbocycles. The molecule has 0 saturated heterocycles. The number of alkyl halides is 3. The van der Waals surface area contributed by atoms with Gasteiger partial charge in [-0.2, -0.15) is 13.2 Å². The van der Waals surface area contributed by atoms with E-state index >= 15 is 0 Å². The number of carbonyl (C=O) groups is 2. The lowest BCUT2D eigenvalue weighted by Gasteiger charge is -2.33. The van der Waals surface area contributed by atoms with Crippen molar-refractivity contribution < 1.29 is 31.2 Å². The molecule has 3 aromatic rings. The summed E-state index contributed by atoms with van der Waals surface area (Å²) in [7, 11) is -4.53. The van der Waals surface area contributed by atoms with Gasteiger partial charge in [0, 0.05) is 28.7 Å². The van der Waals surface area contributed by atoms with Crippen LogP contribution in [0.3, 0.4) is 0 Å². The molecular formula is C28H28Cl2F3N3O4S. The highest BCUT2D eigenvalue weighted by molar-refractivity contribution is 7.92. The minimum Gasteiger partial charge on any atom is -0.355 e. The predicted octanol–water partition coefficient (Wildman–Crippen LogP) is 6.15. The molecule has 3 rings (SSSR count). The van der Waals surface area contributed by atoms with Crippen molar-refractivity contribution in [1.82, 2.24) is 10.2 Å². The fourth-order valence-corrected chi connectivity index (χ4v) is 6.10. The van der Waals surface area contributed by atoms with E-state index in [4.69, 9.17) is 23.2 Å². The minimum absolute atomic E-state index is 0.147. The Morgan fingerprint density at radius 1 is 0.927 bits per heavy atom. The molecule has 1 N–H and O–H groups in total. The van der Waals surface area contributed by atoms with Gasteiger partial charge in [0.25, 0.3) is 10.0 Å². The first-order valence-corrected chi connectivity index (χ1v) is 14.8. The molecule has 0 fully saturated rings. The number of benzene rings is 3. The predicted molar refractivity (Wildman–Crippen MR) is 152 cm³/mol. The van der Waals surface area contributed by atoms with Crippen LogP contribution in [0.5, 0.6) is 0 Å². The molecule has 0 aliphatic heterocycles. The Morgan fingerprint density at radius 2 is 1.54 bits per heavy atom. The summed E-state index contributed by atoms with van der Waals surface area (Å²) < 4.78 is 68.8. The Morgan fingerprint density at radius 3 is 2.10 bits per heavy atom. The maximum absolute atomic E-state index is 14.0. The van der Waals surface area contributed by atoms with E-state index in [1.807, 2.05) is 0 Å². The molecule has 0 bridgehead atoms. The van der Waals surface area contributed by atoms with Crippen molar-refractivity contribution >= 4 is 50.7 Å². The van der Waals surface area contributed by atoms with E-state index < -0.39 is 46.2 Å². The highest BCUT2D eigenvalue weighted by Gasteiger charge is 2.36. The zero-order valence-corrected chi connectivity index (χ0v) is 24.5. The van der Waals surface area contributed by atoms with Crippen LogP contribution in [0, 0.1) is 0 Å². The van der Waals surface area contributed by atoms with Crippen LogP contribution < -0.4 is 9.62 Å². The van der Waals surface area contributed by atoms with Gasteiger partial charge in [-0.1, -0.05) is 60.5 Å². The average molecular weight is 631 g/mol. The number of carbonyl (C=O) groups excluding carboxylic acids is 2. The fourth-order valence-electron chi connectivity index (χ4n) is 4.15. The van der Waals surface area contributed by atoms with Crippen molar-refractivity contribution in [3.63, 3.8) is 0 Å². The van der Waals surface area contributed by atoms with Gasteiger partial charge in [0.05, 0.1) is 16.1 Å². The van der Waals surface area contributed by atoms with Crippen LogP contribution in [-0.4, -0.2) is 44.3 Å². The lowest BCUT2D eigenvalue weighted by Crippen LogP contribution is -2.52. The quantitative estimate of drug-likeness (QED) is 0.276. The first kappa shape index (κ1) is 32.2. The van der Waals surface area contributed by atoms with Crippen LogP contribution in [0.15, 0.2) is 77.7 Å². The molecule has 1 atom stereocenters. The summed E-state index contributed by atoms with van der Waals surface area (Å²) in [6.07, 6.45) is -4.62. The SMILES string of the molecule is CCNC(=O)[C@H](CC)N(Cc1c(Cl)cccc1Cl)C(=O)CN(c1cccc(C(F)(F)F)c1)S(=O)(=O)c1ccccc1. The third kappa shape index (κ3) is 7.72. The molecule has 3 aromatic carbocycles. The second kappa shape index (κ2) is 13.6. The van der Waals surface area contributed by atoms with E-state index in [0.29, 0.717) is 15.9 Å². The Bertz CT molecular complexity index is 1470. The van der Waals surface area contributed by atoms with Crippen molar-refractivity contribution in [3.05, 3.63) is 94.0 Å². The summed E-state index contributed by atoms with van der Waals surface area (Å²) in [6, 6.07) is 14.3. The molecule has 13 heteroatoms. The van der Waals surface area contributed by atoms with Crippen molar-refractivity contribution in [2.24, 2.45) is 0 Å². The largest absolute Gasteiger partial charge is 0.416 e. The van der Waals surface area contributed by atoms with Gasteiger partial charge in [-0.05, 0) is 55.8 Å². The first-order valence-electron chi connectivity index (χ1n) is 12.6. The Labute approximate surface area is 246 Å². The molecule has 0 spiro atoms. The number of rotatable bonds is 11. The number of nitrogens with one attached hydrogen (secondary N) is 1.